The predicted molar refractivity (Wildman–Crippen MR) is 121 cm³/mol. The molecule has 3 rings (SSSR count). The van der Waals surface area contributed by atoms with Gasteiger partial charge in [0.15, 0.2) is 0 Å². The van der Waals surface area contributed by atoms with E-state index in [1.807, 2.05) is 0 Å². The molecule has 32 heavy (non-hydrogen) atoms. The van der Waals surface area contributed by atoms with Crippen LogP contribution in [0.2, 0.25) is 0 Å². The average Bonchev–Trinajstić information content (AvgIpc) is 2.79. The Bertz CT molecular complexity index is 1260. The third-order valence-corrected chi connectivity index (χ3v) is 5.68. The van der Waals surface area contributed by atoms with Crippen LogP contribution in [0.3, 0.4) is 0 Å². The van der Waals surface area contributed by atoms with E-state index in [0.717, 1.165) is 6.07 Å². The third-order valence-electron chi connectivity index (χ3n) is 4.32. The quantitative estimate of drug-likeness (QED) is 0.284. The number of nitro groups is 1. The van der Waals surface area contributed by atoms with Crippen LogP contribution in [0.25, 0.3) is 0 Å². The van der Waals surface area contributed by atoms with E-state index in [2.05, 4.69) is 15.2 Å². The molecule has 0 amide bonds. The van der Waals surface area contributed by atoms with Gasteiger partial charge < -0.3 is 9.47 Å². The number of hydrazone groups is 1. The van der Waals surface area contributed by atoms with Gasteiger partial charge in [0, 0.05) is 6.07 Å². The van der Waals surface area contributed by atoms with Gasteiger partial charge in [-0.1, -0.05) is 24.3 Å². The zero-order valence-corrected chi connectivity index (χ0v) is 18.0. The van der Waals surface area contributed by atoms with Gasteiger partial charge in [0.05, 0.1) is 35.9 Å². The van der Waals surface area contributed by atoms with Gasteiger partial charge in [-0.2, -0.15) is 5.10 Å². The van der Waals surface area contributed by atoms with E-state index in [-0.39, 0.29) is 16.3 Å². The van der Waals surface area contributed by atoms with Crippen LogP contribution in [0, 0.1) is 10.1 Å². The van der Waals surface area contributed by atoms with Gasteiger partial charge in [-0.3, -0.25) is 20.3 Å². The van der Waals surface area contributed by atoms with Crippen molar-refractivity contribution in [3.63, 3.8) is 0 Å². The maximum absolute atomic E-state index is 12.8. The zero-order chi connectivity index (χ0) is 23.1. The van der Waals surface area contributed by atoms with Crippen molar-refractivity contribution in [2.75, 3.05) is 24.4 Å². The van der Waals surface area contributed by atoms with Gasteiger partial charge in [0.1, 0.15) is 17.2 Å². The molecule has 0 fully saturated rings. The molecule has 11 heteroatoms. The van der Waals surface area contributed by atoms with Crippen molar-refractivity contribution in [1.29, 1.82) is 0 Å². The fourth-order valence-electron chi connectivity index (χ4n) is 2.76. The Kier molecular flexibility index (Phi) is 6.90. The van der Waals surface area contributed by atoms with E-state index < -0.39 is 20.6 Å². The number of para-hydroxylation sites is 2. The highest BCUT2D eigenvalue weighted by Gasteiger charge is 2.22. The Morgan fingerprint density at radius 1 is 0.969 bits per heavy atom. The van der Waals surface area contributed by atoms with Crippen molar-refractivity contribution in [2.45, 2.75) is 4.90 Å². The fourth-order valence-corrected chi connectivity index (χ4v) is 3.84. The summed E-state index contributed by atoms with van der Waals surface area (Å²) < 4.78 is 38.2. The summed E-state index contributed by atoms with van der Waals surface area (Å²) in [6.45, 7) is 0. The summed E-state index contributed by atoms with van der Waals surface area (Å²) in [5.74, 6) is 0.952. The van der Waals surface area contributed by atoms with Crippen molar-refractivity contribution in [2.24, 2.45) is 5.10 Å². The van der Waals surface area contributed by atoms with E-state index in [1.165, 1.54) is 38.6 Å². The molecule has 0 unspecified atom stereocenters. The summed E-state index contributed by atoms with van der Waals surface area (Å²) in [4.78, 5) is 10.6. The maximum atomic E-state index is 12.8. The second kappa shape index (κ2) is 9.79. The normalized spacial score (nSPS) is 11.2. The molecule has 0 aromatic heterocycles. The number of hydrogen-bond donors (Lipinski definition) is 2. The number of anilines is 2. The molecule has 0 heterocycles. The highest BCUT2D eigenvalue weighted by molar-refractivity contribution is 7.92. The number of nitrogens with one attached hydrogen (secondary N) is 2. The molecule has 0 saturated carbocycles. The molecule has 166 valence electrons. The smallest absolute Gasteiger partial charge is 0.295 e. The lowest BCUT2D eigenvalue weighted by Gasteiger charge is -2.12. The topological polar surface area (TPSA) is 132 Å². The van der Waals surface area contributed by atoms with Crippen molar-refractivity contribution < 1.29 is 22.8 Å². The van der Waals surface area contributed by atoms with Gasteiger partial charge in [-0.25, -0.2) is 8.42 Å². The Hall–Kier alpha value is -4.12. The number of rotatable bonds is 9. The Morgan fingerprint density at radius 3 is 2.47 bits per heavy atom. The van der Waals surface area contributed by atoms with Crippen LogP contribution in [-0.4, -0.2) is 33.8 Å². The molecule has 0 radical (unpaired) electrons. The Balaban J connectivity index is 1.85. The van der Waals surface area contributed by atoms with E-state index in [4.69, 9.17) is 9.47 Å². The molecule has 0 aliphatic rings. The minimum absolute atomic E-state index is 0.0328. The number of nitro benzene ring substituents is 1. The second-order valence-electron chi connectivity index (χ2n) is 6.39. The molecule has 3 aromatic rings. The summed E-state index contributed by atoms with van der Waals surface area (Å²) in [7, 11) is -1.16. The molecule has 0 aliphatic heterocycles. The van der Waals surface area contributed by atoms with E-state index in [0.29, 0.717) is 17.1 Å². The Morgan fingerprint density at radius 2 is 1.75 bits per heavy atom. The lowest BCUT2D eigenvalue weighted by Crippen LogP contribution is -2.14. The molecule has 0 spiro atoms. The lowest BCUT2D eigenvalue weighted by atomic mass is 10.2. The molecule has 0 saturated heterocycles. The van der Waals surface area contributed by atoms with Crippen LogP contribution in [0.4, 0.5) is 17.1 Å². The molecule has 2 N–H and O–H groups in total. The van der Waals surface area contributed by atoms with Crippen LogP contribution >= 0.6 is 0 Å². The molecular formula is C21H20N4O6S. The highest BCUT2D eigenvalue weighted by Crippen LogP contribution is 2.30. The van der Waals surface area contributed by atoms with Gasteiger partial charge >= 0.3 is 0 Å². The van der Waals surface area contributed by atoms with Gasteiger partial charge in [-0.15, -0.1) is 0 Å². The monoisotopic (exact) mass is 456 g/mol. The Labute approximate surface area is 184 Å². The number of ether oxygens (including phenoxy) is 2. The van der Waals surface area contributed by atoms with Crippen molar-refractivity contribution in [3.8, 4) is 11.5 Å². The molecular weight excluding hydrogens is 436 g/mol. The number of hydrogen-bond acceptors (Lipinski definition) is 8. The van der Waals surface area contributed by atoms with E-state index in [9.17, 15) is 18.5 Å². The van der Waals surface area contributed by atoms with Crippen molar-refractivity contribution >= 4 is 33.3 Å². The summed E-state index contributed by atoms with van der Waals surface area (Å²) in [5, 5.41) is 15.5. The maximum Gasteiger partial charge on any atom is 0.295 e. The number of nitrogens with zero attached hydrogens (tertiary/aromatic N) is 2. The standard InChI is InChI=1S/C21H20N4O6S/c1-30-16-7-5-6-15(12-16)14-22-23-18-11-10-17(13-20(18)25(26)27)32(28,29)24-19-8-3-4-9-21(19)31-2/h3-14,23-24H,1-2H3/b22-14-. The summed E-state index contributed by atoms with van der Waals surface area (Å²) in [5.41, 5.74) is 3.08. The second-order valence-corrected chi connectivity index (χ2v) is 8.07. The van der Waals surface area contributed by atoms with Crippen molar-refractivity contribution in [3.05, 3.63) is 82.4 Å². The minimum atomic E-state index is -4.10. The van der Waals surface area contributed by atoms with Crippen LogP contribution in [0.15, 0.2) is 76.7 Å². The molecule has 3 aromatic carbocycles. The first-order valence-corrected chi connectivity index (χ1v) is 10.7. The zero-order valence-electron chi connectivity index (χ0n) is 17.2. The first kappa shape index (κ1) is 22.6. The summed E-state index contributed by atoms with van der Waals surface area (Å²) in [6, 6.07) is 17.0. The van der Waals surface area contributed by atoms with Crippen LogP contribution < -0.4 is 19.6 Å². The van der Waals surface area contributed by atoms with Crippen LogP contribution in [0.1, 0.15) is 5.56 Å². The number of sulfonamides is 1. The predicted octanol–water partition coefficient (Wildman–Crippen LogP) is 3.86. The molecule has 0 bridgehead atoms. The largest absolute Gasteiger partial charge is 0.497 e. The van der Waals surface area contributed by atoms with Crippen molar-refractivity contribution in [1.82, 2.24) is 0 Å². The molecule has 0 aliphatic carbocycles. The third kappa shape index (κ3) is 5.32. The number of methoxy groups -OCH3 is 2. The fraction of sp³-hybridized carbons (Fsp3) is 0.0952. The van der Waals surface area contributed by atoms with Crippen LogP contribution in [-0.2, 0) is 10.0 Å². The minimum Gasteiger partial charge on any atom is -0.497 e. The molecule has 10 nitrogen and oxygen atoms in total. The van der Waals surface area contributed by atoms with Gasteiger partial charge in [0.25, 0.3) is 15.7 Å². The summed E-state index contributed by atoms with van der Waals surface area (Å²) in [6.07, 6.45) is 1.46. The van der Waals surface area contributed by atoms with Gasteiger partial charge in [-0.05, 0) is 42.0 Å². The van der Waals surface area contributed by atoms with E-state index >= 15 is 0 Å². The van der Waals surface area contributed by atoms with Crippen LogP contribution in [0.5, 0.6) is 11.5 Å². The summed E-state index contributed by atoms with van der Waals surface area (Å²) >= 11 is 0. The highest BCUT2D eigenvalue weighted by atomic mass is 32.2. The lowest BCUT2D eigenvalue weighted by molar-refractivity contribution is -0.384. The number of benzene rings is 3. The first-order chi connectivity index (χ1) is 15.3. The average molecular weight is 456 g/mol. The SMILES string of the molecule is COc1cccc(/C=N\Nc2ccc(S(=O)(=O)Nc3ccccc3OC)cc2[N+](=O)[O-])c1. The molecule has 0 atom stereocenters. The van der Waals surface area contributed by atoms with E-state index in [1.54, 1.807) is 42.5 Å². The first-order valence-electron chi connectivity index (χ1n) is 9.21. The van der Waals surface area contributed by atoms with Gasteiger partial charge in [0.2, 0.25) is 0 Å².